The molecule has 1 spiro atoms. The molecule has 2 aliphatic heterocycles. The zero-order valence-electron chi connectivity index (χ0n) is 19.9. The lowest BCUT2D eigenvalue weighted by Crippen LogP contribution is -2.58. The number of fused-ring (bicyclic) bond motifs is 7. The molecule has 0 aromatic carbocycles. The summed E-state index contributed by atoms with van der Waals surface area (Å²) in [5, 5.41) is 10.3. The van der Waals surface area contributed by atoms with Gasteiger partial charge >= 0.3 is 0 Å². The number of carbonyl (C=O) groups excluding carboxylic acids is 1. The van der Waals surface area contributed by atoms with Crippen molar-refractivity contribution in [2.45, 2.75) is 103 Å². The van der Waals surface area contributed by atoms with E-state index in [4.69, 9.17) is 9.47 Å². The van der Waals surface area contributed by atoms with Crippen molar-refractivity contribution in [3.8, 4) is 0 Å². The van der Waals surface area contributed by atoms with Crippen LogP contribution >= 0.6 is 0 Å². The van der Waals surface area contributed by atoms with Crippen LogP contribution in [0.25, 0.3) is 0 Å². The second-order valence-corrected chi connectivity index (χ2v) is 13.1. The molecule has 6 rings (SSSR count). The standard InChI is InChI=1S/C27H42O4/c1-15-7-10-27(30-14-15)16(2)23-22(31-27)12-20-19-6-5-17-11-18(28)8-9-25(17,3)24(19)21(29)13-26(20,23)4/h15-20,22-24,28H,5-14H2,1-4H3/t15-,16-,17+,18-,19+,20-,22-,23+,24+,25+,26+,27+/m1/s1. The fourth-order valence-corrected chi connectivity index (χ4v) is 10.1. The predicted molar refractivity (Wildman–Crippen MR) is 118 cm³/mol. The van der Waals surface area contributed by atoms with E-state index in [1.165, 1.54) is 12.8 Å². The van der Waals surface area contributed by atoms with Gasteiger partial charge in [0.05, 0.1) is 18.8 Å². The fraction of sp³-hybridized carbons (Fsp3) is 0.963. The van der Waals surface area contributed by atoms with Gasteiger partial charge in [-0.15, -0.1) is 0 Å². The molecule has 0 amide bonds. The minimum Gasteiger partial charge on any atom is -0.393 e. The fourth-order valence-electron chi connectivity index (χ4n) is 10.1. The Morgan fingerprint density at radius 2 is 1.81 bits per heavy atom. The number of aliphatic hydroxyl groups is 1. The normalized spacial score (nSPS) is 60.9. The topological polar surface area (TPSA) is 55.8 Å². The van der Waals surface area contributed by atoms with Gasteiger partial charge in [0.15, 0.2) is 5.79 Å². The number of Topliss-reactive ketones (excluding diaryl/α,β-unsaturated/α-hetero) is 1. The van der Waals surface area contributed by atoms with E-state index in [1.807, 2.05) is 0 Å². The highest BCUT2D eigenvalue weighted by atomic mass is 16.7. The lowest BCUT2D eigenvalue weighted by molar-refractivity contribution is -0.272. The van der Waals surface area contributed by atoms with Crippen LogP contribution in [-0.4, -0.2) is 35.5 Å². The van der Waals surface area contributed by atoms with Crippen molar-refractivity contribution in [3.63, 3.8) is 0 Å². The molecule has 0 aromatic rings. The molecule has 4 nitrogen and oxygen atoms in total. The SMILES string of the molecule is C[C@@H]1CC[C@]2(OC1)O[C@@H]1C[C@@H]3[C@@H]4CC[C@H]5C[C@H](O)CC[C@]5(C)[C@@H]4C(=O)C[C@]3(C)[C@H]1[C@H]2C. The second-order valence-electron chi connectivity index (χ2n) is 13.1. The van der Waals surface area contributed by atoms with Crippen molar-refractivity contribution in [3.05, 3.63) is 0 Å². The van der Waals surface area contributed by atoms with Gasteiger partial charge < -0.3 is 14.6 Å². The summed E-state index contributed by atoms with van der Waals surface area (Å²) in [7, 11) is 0. The monoisotopic (exact) mass is 430 g/mol. The van der Waals surface area contributed by atoms with Crippen molar-refractivity contribution >= 4 is 5.78 Å². The molecule has 6 fully saturated rings. The Bertz CT molecular complexity index is 756. The highest BCUT2D eigenvalue weighted by Crippen LogP contribution is 2.70. The highest BCUT2D eigenvalue weighted by Gasteiger charge is 2.70. The van der Waals surface area contributed by atoms with Gasteiger partial charge in [-0.05, 0) is 85.4 Å². The van der Waals surface area contributed by atoms with Gasteiger partial charge in [0.25, 0.3) is 0 Å². The van der Waals surface area contributed by atoms with Gasteiger partial charge in [0.2, 0.25) is 0 Å². The molecular weight excluding hydrogens is 388 g/mol. The average Bonchev–Trinajstić information content (AvgIpc) is 3.15. The van der Waals surface area contributed by atoms with E-state index in [0.29, 0.717) is 41.3 Å². The molecule has 2 saturated heterocycles. The van der Waals surface area contributed by atoms with Crippen LogP contribution in [0.2, 0.25) is 0 Å². The Hall–Kier alpha value is -0.450. The Morgan fingerprint density at radius 3 is 2.55 bits per heavy atom. The maximum atomic E-state index is 13.9. The van der Waals surface area contributed by atoms with Crippen molar-refractivity contribution in [2.75, 3.05) is 6.61 Å². The molecular formula is C27H42O4. The largest absolute Gasteiger partial charge is 0.393 e. The van der Waals surface area contributed by atoms with Crippen LogP contribution in [0.3, 0.4) is 0 Å². The molecule has 2 heterocycles. The molecule has 6 aliphatic rings. The van der Waals surface area contributed by atoms with Crippen LogP contribution in [0.4, 0.5) is 0 Å². The van der Waals surface area contributed by atoms with Crippen molar-refractivity contribution in [1.29, 1.82) is 0 Å². The molecule has 4 saturated carbocycles. The molecule has 31 heavy (non-hydrogen) atoms. The first-order chi connectivity index (χ1) is 14.7. The number of carbonyl (C=O) groups is 1. The third-order valence-corrected chi connectivity index (χ3v) is 11.6. The average molecular weight is 431 g/mol. The summed E-state index contributed by atoms with van der Waals surface area (Å²) in [6, 6.07) is 0. The van der Waals surface area contributed by atoms with Crippen LogP contribution in [0, 0.1) is 52.3 Å². The molecule has 0 unspecified atom stereocenters. The lowest BCUT2D eigenvalue weighted by atomic mass is 9.44. The van der Waals surface area contributed by atoms with E-state index in [-0.39, 0.29) is 29.0 Å². The van der Waals surface area contributed by atoms with E-state index < -0.39 is 5.79 Å². The first-order valence-corrected chi connectivity index (χ1v) is 13.2. The first kappa shape index (κ1) is 21.1. The van der Waals surface area contributed by atoms with Crippen molar-refractivity contribution in [1.82, 2.24) is 0 Å². The Labute approximate surface area is 187 Å². The molecule has 0 aromatic heterocycles. The van der Waals surface area contributed by atoms with Gasteiger partial charge in [-0.1, -0.05) is 27.7 Å². The van der Waals surface area contributed by atoms with Gasteiger partial charge in [0.1, 0.15) is 5.78 Å². The molecule has 174 valence electrons. The summed E-state index contributed by atoms with van der Waals surface area (Å²) in [4.78, 5) is 13.9. The van der Waals surface area contributed by atoms with Gasteiger partial charge in [0, 0.05) is 24.7 Å². The second kappa shape index (κ2) is 6.79. The summed E-state index contributed by atoms with van der Waals surface area (Å²) >= 11 is 0. The molecule has 0 bridgehead atoms. The smallest absolute Gasteiger partial charge is 0.171 e. The molecule has 12 atom stereocenters. The predicted octanol–water partition coefficient (Wildman–Crippen LogP) is 4.97. The Kier molecular flexibility index (Phi) is 4.62. The Morgan fingerprint density at radius 1 is 1.00 bits per heavy atom. The summed E-state index contributed by atoms with van der Waals surface area (Å²) < 4.78 is 13.2. The molecule has 1 N–H and O–H groups in total. The summed E-state index contributed by atoms with van der Waals surface area (Å²) in [5.74, 6) is 3.36. The van der Waals surface area contributed by atoms with Crippen LogP contribution < -0.4 is 0 Å². The van der Waals surface area contributed by atoms with Crippen LogP contribution in [0.1, 0.15) is 85.5 Å². The number of ketones is 1. The number of aliphatic hydroxyl groups excluding tert-OH is 1. The third-order valence-electron chi connectivity index (χ3n) is 11.6. The summed E-state index contributed by atoms with van der Waals surface area (Å²) in [6.07, 6.45) is 9.26. The van der Waals surface area contributed by atoms with Gasteiger partial charge in [-0.2, -0.15) is 0 Å². The molecule has 4 aliphatic carbocycles. The lowest BCUT2D eigenvalue weighted by Gasteiger charge is -2.60. The Balaban J connectivity index is 1.30. The first-order valence-electron chi connectivity index (χ1n) is 13.2. The summed E-state index contributed by atoms with van der Waals surface area (Å²) in [6.45, 7) is 10.2. The van der Waals surface area contributed by atoms with E-state index in [9.17, 15) is 9.90 Å². The number of hydrogen-bond acceptors (Lipinski definition) is 4. The van der Waals surface area contributed by atoms with E-state index in [2.05, 4.69) is 27.7 Å². The van der Waals surface area contributed by atoms with Crippen molar-refractivity contribution in [2.24, 2.45) is 52.3 Å². The third kappa shape index (κ3) is 2.74. The van der Waals surface area contributed by atoms with Gasteiger partial charge in [-0.25, -0.2) is 0 Å². The zero-order chi connectivity index (χ0) is 21.8. The van der Waals surface area contributed by atoms with Crippen molar-refractivity contribution < 1.29 is 19.4 Å². The van der Waals surface area contributed by atoms with E-state index >= 15 is 0 Å². The number of ether oxygens (including phenoxy) is 2. The quantitative estimate of drug-likeness (QED) is 0.589. The minimum atomic E-state index is -0.404. The maximum Gasteiger partial charge on any atom is 0.171 e. The molecule has 0 radical (unpaired) electrons. The minimum absolute atomic E-state index is 0.0512. The number of hydrogen-bond donors (Lipinski definition) is 1. The van der Waals surface area contributed by atoms with E-state index in [0.717, 1.165) is 51.6 Å². The van der Waals surface area contributed by atoms with E-state index in [1.54, 1.807) is 0 Å². The molecule has 4 heteroatoms. The number of rotatable bonds is 0. The maximum absolute atomic E-state index is 13.9. The summed E-state index contributed by atoms with van der Waals surface area (Å²) in [5.41, 5.74) is 0.143. The van der Waals surface area contributed by atoms with Gasteiger partial charge in [-0.3, -0.25) is 4.79 Å². The highest BCUT2D eigenvalue weighted by molar-refractivity contribution is 5.84. The van der Waals surface area contributed by atoms with Crippen LogP contribution in [-0.2, 0) is 14.3 Å². The van der Waals surface area contributed by atoms with Crippen LogP contribution in [0.5, 0.6) is 0 Å². The zero-order valence-corrected chi connectivity index (χ0v) is 19.9. The van der Waals surface area contributed by atoms with Crippen LogP contribution in [0.15, 0.2) is 0 Å².